The van der Waals surface area contributed by atoms with E-state index in [1.54, 1.807) is 0 Å². The molecular formula is C11H19NO. The van der Waals surface area contributed by atoms with Crippen LogP contribution < -0.4 is 5.32 Å². The Morgan fingerprint density at radius 1 is 1.69 bits per heavy atom. The van der Waals surface area contributed by atoms with Gasteiger partial charge in [0.25, 0.3) is 0 Å². The van der Waals surface area contributed by atoms with Gasteiger partial charge >= 0.3 is 0 Å². The minimum absolute atomic E-state index is 0.192. The van der Waals surface area contributed by atoms with E-state index in [2.05, 4.69) is 25.1 Å². The van der Waals surface area contributed by atoms with Gasteiger partial charge in [0.05, 0.1) is 12.1 Å². The van der Waals surface area contributed by atoms with Crippen molar-refractivity contribution in [1.82, 2.24) is 5.32 Å². The summed E-state index contributed by atoms with van der Waals surface area (Å²) in [5.41, 5.74) is 0. The van der Waals surface area contributed by atoms with Crippen LogP contribution in [0, 0.1) is 18.3 Å². The number of hydrogen-bond donors (Lipinski definition) is 1. The summed E-state index contributed by atoms with van der Waals surface area (Å²) in [5, 5.41) is 3.38. The molecule has 0 spiro atoms. The van der Waals surface area contributed by atoms with E-state index in [9.17, 15) is 0 Å². The summed E-state index contributed by atoms with van der Waals surface area (Å²) in [6.45, 7) is 6.11. The van der Waals surface area contributed by atoms with Crippen molar-refractivity contribution in [2.24, 2.45) is 5.92 Å². The summed E-state index contributed by atoms with van der Waals surface area (Å²) >= 11 is 0. The molecule has 74 valence electrons. The first kappa shape index (κ1) is 10.6. The van der Waals surface area contributed by atoms with Crippen LogP contribution in [-0.4, -0.2) is 25.3 Å². The fourth-order valence-corrected chi connectivity index (χ4v) is 1.82. The van der Waals surface area contributed by atoms with E-state index in [-0.39, 0.29) is 6.04 Å². The zero-order chi connectivity index (χ0) is 9.68. The molecule has 13 heavy (non-hydrogen) atoms. The third-order valence-corrected chi connectivity index (χ3v) is 2.66. The third kappa shape index (κ3) is 2.72. The van der Waals surface area contributed by atoms with Gasteiger partial charge in [0.15, 0.2) is 0 Å². The SMILES string of the molecule is C#CC(NCCC)C1CCOC1C. The Hall–Kier alpha value is -0.520. The molecule has 1 aliphatic rings. The van der Waals surface area contributed by atoms with Crippen LogP contribution in [-0.2, 0) is 4.74 Å². The van der Waals surface area contributed by atoms with E-state index in [4.69, 9.17) is 11.2 Å². The van der Waals surface area contributed by atoms with Gasteiger partial charge in [0.1, 0.15) is 0 Å². The van der Waals surface area contributed by atoms with E-state index in [0.717, 1.165) is 26.0 Å². The van der Waals surface area contributed by atoms with Crippen LogP contribution in [0.4, 0.5) is 0 Å². The molecule has 0 bridgehead atoms. The second-order valence-electron chi connectivity index (χ2n) is 3.63. The molecule has 1 rings (SSSR count). The Labute approximate surface area is 81.0 Å². The van der Waals surface area contributed by atoms with Crippen LogP contribution in [0.1, 0.15) is 26.7 Å². The van der Waals surface area contributed by atoms with Crippen LogP contribution >= 0.6 is 0 Å². The van der Waals surface area contributed by atoms with Gasteiger partial charge in [-0.15, -0.1) is 6.42 Å². The molecule has 0 amide bonds. The maximum absolute atomic E-state index is 5.49. The topological polar surface area (TPSA) is 21.3 Å². The standard InChI is InChI=1S/C11H19NO/c1-4-7-12-11(5-2)10-6-8-13-9(10)3/h2,9-12H,4,6-8H2,1,3H3. The average Bonchev–Trinajstić information content (AvgIpc) is 2.54. The predicted octanol–water partition coefficient (Wildman–Crippen LogP) is 1.41. The Kier molecular flexibility index (Phi) is 4.27. The Balaban J connectivity index is 2.41. The summed E-state index contributed by atoms with van der Waals surface area (Å²) in [6, 6.07) is 0.192. The van der Waals surface area contributed by atoms with Gasteiger partial charge in [-0.3, -0.25) is 0 Å². The van der Waals surface area contributed by atoms with Crippen molar-refractivity contribution >= 4 is 0 Å². The monoisotopic (exact) mass is 181 g/mol. The molecule has 3 unspecified atom stereocenters. The lowest BCUT2D eigenvalue weighted by molar-refractivity contribution is 0.101. The van der Waals surface area contributed by atoms with E-state index < -0.39 is 0 Å². The Morgan fingerprint density at radius 3 is 2.92 bits per heavy atom. The first-order valence-corrected chi connectivity index (χ1v) is 5.10. The van der Waals surface area contributed by atoms with Gasteiger partial charge in [-0.05, 0) is 26.3 Å². The number of terminal acetylenes is 1. The van der Waals surface area contributed by atoms with Crippen molar-refractivity contribution in [3.05, 3.63) is 0 Å². The summed E-state index contributed by atoms with van der Waals surface area (Å²) < 4.78 is 5.49. The van der Waals surface area contributed by atoms with Crippen molar-refractivity contribution in [3.8, 4) is 12.3 Å². The zero-order valence-corrected chi connectivity index (χ0v) is 8.55. The number of hydrogen-bond acceptors (Lipinski definition) is 2. The third-order valence-electron chi connectivity index (χ3n) is 2.66. The van der Waals surface area contributed by atoms with Gasteiger partial charge in [-0.2, -0.15) is 0 Å². The lowest BCUT2D eigenvalue weighted by Crippen LogP contribution is -2.38. The molecule has 0 aromatic rings. The van der Waals surface area contributed by atoms with Crippen LogP contribution in [0.25, 0.3) is 0 Å². The van der Waals surface area contributed by atoms with E-state index >= 15 is 0 Å². The second-order valence-corrected chi connectivity index (χ2v) is 3.63. The van der Waals surface area contributed by atoms with Gasteiger partial charge in [-0.1, -0.05) is 12.8 Å². The maximum atomic E-state index is 5.49. The predicted molar refractivity (Wildman–Crippen MR) is 54.4 cm³/mol. The van der Waals surface area contributed by atoms with Gasteiger partial charge in [0, 0.05) is 12.5 Å². The molecule has 0 saturated carbocycles. The number of ether oxygens (including phenoxy) is 1. The maximum Gasteiger partial charge on any atom is 0.0741 e. The van der Waals surface area contributed by atoms with Crippen LogP contribution in [0.15, 0.2) is 0 Å². The van der Waals surface area contributed by atoms with E-state index in [1.807, 2.05) is 0 Å². The highest BCUT2D eigenvalue weighted by Crippen LogP contribution is 2.23. The van der Waals surface area contributed by atoms with E-state index in [0.29, 0.717) is 12.0 Å². The molecule has 1 N–H and O–H groups in total. The Morgan fingerprint density at radius 2 is 2.46 bits per heavy atom. The zero-order valence-electron chi connectivity index (χ0n) is 8.55. The lowest BCUT2D eigenvalue weighted by atomic mass is 9.94. The molecule has 1 heterocycles. The Bertz CT molecular complexity index is 185. The first-order chi connectivity index (χ1) is 6.29. The summed E-state index contributed by atoms with van der Waals surface area (Å²) in [4.78, 5) is 0. The molecule has 0 radical (unpaired) electrons. The fraction of sp³-hybridized carbons (Fsp3) is 0.818. The van der Waals surface area contributed by atoms with Crippen molar-refractivity contribution in [3.63, 3.8) is 0 Å². The molecule has 1 saturated heterocycles. The highest BCUT2D eigenvalue weighted by Gasteiger charge is 2.30. The van der Waals surface area contributed by atoms with Gasteiger partial charge in [-0.25, -0.2) is 0 Å². The number of rotatable bonds is 4. The minimum atomic E-state index is 0.192. The number of nitrogens with one attached hydrogen (secondary N) is 1. The fourth-order valence-electron chi connectivity index (χ4n) is 1.82. The molecule has 1 aliphatic heterocycles. The van der Waals surface area contributed by atoms with Crippen LogP contribution in [0.2, 0.25) is 0 Å². The smallest absolute Gasteiger partial charge is 0.0741 e. The summed E-state index contributed by atoms with van der Waals surface area (Å²) in [5.74, 6) is 3.31. The first-order valence-electron chi connectivity index (χ1n) is 5.10. The van der Waals surface area contributed by atoms with Crippen molar-refractivity contribution < 1.29 is 4.74 Å². The van der Waals surface area contributed by atoms with Crippen molar-refractivity contribution in [2.75, 3.05) is 13.2 Å². The van der Waals surface area contributed by atoms with Crippen molar-refractivity contribution in [1.29, 1.82) is 0 Å². The summed E-state index contributed by atoms with van der Waals surface area (Å²) in [6.07, 6.45) is 8.01. The minimum Gasteiger partial charge on any atom is -0.378 e. The highest BCUT2D eigenvalue weighted by atomic mass is 16.5. The van der Waals surface area contributed by atoms with Gasteiger partial charge in [0.2, 0.25) is 0 Å². The molecule has 0 aromatic carbocycles. The molecular weight excluding hydrogens is 162 g/mol. The van der Waals surface area contributed by atoms with Crippen LogP contribution in [0.3, 0.4) is 0 Å². The average molecular weight is 181 g/mol. The summed E-state index contributed by atoms with van der Waals surface area (Å²) in [7, 11) is 0. The van der Waals surface area contributed by atoms with Crippen LogP contribution in [0.5, 0.6) is 0 Å². The normalized spacial score (nSPS) is 29.9. The largest absolute Gasteiger partial charge is 0.378 e. The van der Waals surface area contributed by atoms with Crippen molar-refractivity contribution in [2.45, 2.75) is 38.8 Å². The molecule has 0 aliphatic carbocycles. The quantitative estimate of drug-likeness (QED) is 0.662. The lowest BCUT2D eigenvalue weighted by Gasteiger charge is -2.21. The molecule has 1 fully saturated rings. The highest BCUT2D eigenvalue weighted by molar-refractivity contribution is 5.04. The molecule has 3 atom stereocenters. The van der Waals surface area contributed by atoms with Gasteiger partial charge < -0.3 is 10.1 Å². The molecule has 2 nitrogen and oxygen atoms in total. The second kappa shape index (κ2) is 5.26. The molecule has 0 aromatic heterocycles. The van der Waals surface area contributed by atoms with E-state index in [1.165, 1.54) is 0 Å². The molecule has 2 heteroatoms.